The second-order valence-corrected chi connectivity index (χ2v) is 6.36. The molecular weight excluding hydrogens is 244 g/mol. The molecule has 0 saturated carbocycles. The fraction of sp³-hybridized carbons (Fsp3) is 0.643. The summed E-state index contributed by atoms with van der Waals surface area (Å²) in [6, 6.07) is 0. The maximum atomic E-state index is 12.5. The molecule has 100 valence electrons. The van der Waals surface area contributed by atoms with Crippen LogP contribution in [-0.4, -0.2) is 23.9 Å². The fourth-order valence-corrected chi connectivity index (χ4v) is 3.32. The van der Waals surface area contributed by atoms with Gasteiger partial charge in [-0.3, -0.25) is 4.79 Å². The number of nitrogens with two attached hydrogens (primary N) is 1. The summed E-state index contributed by atoms with van der Waals surface area (Å²) in [6.45, 7) is 6.11. The molecule has 1 aromatic rings. The first-order chi connectivity index (χ1) is 8.59. The Kier molecular flexibility index (Phi) is 4.27. The Morgan fingerprint density at radius 1 is 1.39 bits per heavy atom. The Morgan fingerprint density at radius 3 is 2.67 bits per heavy atom. The Morgan fingerprint density at radius 2 is 2.06 bits per heavy atom. The average Bonchev–Trinajstić information content (AvgIpc) is 2.70. The van der Waals surface area contributed by atoms with Crippen molar-refractivity contribution in [2.75, 3.05) is 18.8 Å². The summed E-state index contributed by atoms with van der Waals surface area (Å²) in [6.07, 6.45) is 4.41. The van der Waals surface area contributed by atoms with Crippen LogP contribution >= 0.6 is 11.3 Å². The molecule has 1 fully saturated rings. The van der Waals surface area contributed by atoms with Crippen LogP contribution < -0.4 is 5.73 Å². The fourth-order valence-electron chi connectivity index (χ4n) is 2.50. The third-order valence-electron chi connectivity index (χ3n) is 3.38. The van der Waals surface area contributed by atoms with Crippen LogP contribution in [0.25, 0.3) is 0 Å². The molecule has 0 aromatic carbocycles. The third-order valence-corrected chi connectivity index (χ3v) is 4.24. The number of amides is 1. The van der Waals surface area contributed by atoms with Gasteiger partial charge < -0.3 is 10.6 Å². The van der Waals surface area contributed by atoms with Crippen LogP contribution in [0.2, 0.25) is 0 Å². The molecule has 18 heavy (non-hydrogen) atoms. The number of piperidine rings is 1. The van der Waals surface area contributed by atoms with E-state index in [-0.39, 0.29) is 5.91 Å². The Bertz CT molecular complexity index is 419. The summed E-state index contributed by atoms with van der Waals surface area (Å²) in [5.74, 6) is 0.691. The van der Waals surface area contributed by atoms with E-state index < -0.39 is 0 Å². The molecule has 0 aliphatic carbocycles. The van der Waals surface area contributed by atoms with Crippen molar-refractivity contribution in [1.29, 1.82) is 0 Å². The SMILES string of the molecule is CC(C)Cc1csc(N)c1C(=O)N1CCCCC1. The third kappa shape index (κ3) is 2.86. The van der Waals surface area contributed by atoms with E-state index >= 15 is 0 Å². The van der Waals surface area contributed by atoms with Crippen molar-refractivity contribution >= 4 is 22.2 Å². The molecule has 0 bridgehead atoms. The van der Waals surface area contributed by atoms with E-state index in [9.17, 15) is 4.79 Å². The van der Waals surface area contributed by atoms with Gasteiger partial charge in [-0.25, -0.2) is 0 Å². The molecule has 1 aliphatic rings. The molecule has 0 radical (unpaired) electrons. The number of nitrogen functional groups attached to an aromatic ring is 1. The van der Waals surface area contributed by atoms with Gasteiger partial charge in [0, 0.05) is 13.1 Å². The van der Waals surface area contributed by atoms with Gasteiger partial charge in [-0.2, -0.15) is 0 Å². The number of likely N-dealkylation sites (tertiary alicyclic amines) is 1. The van der Waals surface area contributed by atoms with Gasteiger partial charge in [0.1, 0.15) is 0 Å². The van der Waals surface area contributed by atoms with Crippen molar-refractivity contribution in [2.45, 2.75) is 39.5 Å². The second-order valence-electron chi connectivity index (χ2n) is 5.45. The molecular formula is C14H22N2OS. The number of nitrogens with zero attached hydrogens (tertiary/aromatic N) is 1. The van der Waals surface area contributed by atoms with E-state index in [0.717, 1.165) is 43.5 Å². The maximum absolute atomic E-state index is 12.5. The lowest BCUT2D eigenvalue weighted by Crippen LogP contribution is -2.36. The number of hydrogen-bond acceptors (Lipinski definition) is 3. The highest BCUT2D eigenvalue weighted by atomic mass is 32.1. The Balaban J connectivity index is 2.20. The number of carbonyl (C=O) groups is 1. The summed E-state index contributed by atoms with van der Waals surface area (Å²) in [7, 11) is 0. The van der Waals surface area contributed by atoms with Crippen LogP contribution in [0.15, 0.2) is 5.38 Å². The minimum absolute atomic E-state index is 0.143. The van der Waals surface area contributed by atoms with Crippen LogP contribution in [0.3, 0.4) is 0 Å². The van der Waals surface area contributed by atoms with E-state index in [1.165, 1.54) is 17.8 Å². The van der Waals surface area contributed by atoms with E-state index in [0.29, 0.717) is 10.9 Å². The van der Waals surface area contributed by atoms with Gasteiger partial charge in [-0.1, -0.05) is 13.8 Å². The molecule has 1 saturated heterocycles. The number of anilines is 1. The van der Waals surface area contributed by atoms with Crippen molar-refractivity contribution in [3.63, 3.8) is 0 Å². The highest BCUT2D eigenvalue weighted by molar-refractivity contribution is 7.14. The topological polar surface area (TPSA) is 46.3 Å². The van der Waals surface area contributed by atoms with Gasteiger partial charge >= 0.3 is 0 Å². The Labute approximate surface area is 113 Å². The maximum Gasteiger partial charge on any atom is 0.257 e. The van der Waals surface area contributed by atoms with E-state index in [1.807, 2.05) is 10.3 Å². The van der Waals surface area contributed by atoms with E-state index in [1.54, 1.807) is 0 Å². The van der Waals surface area contributed by atoms with Gasteiger partial charge in [-0.15, -0.1) is 11.3 Å². The first kappa shape index (κ1) is 13.4. The summed E-state index contributed by atoms with van der Waals surface area (Å²) in [4.78, 5) is 14.5. The summed E-state index contributed by atoms with van der Waals surface area (Å²) < 4.78 is 0. The summed E-state index contributed by atoms with van der Waals surface area (Å²) in [5, 5.41) is 2.73. The van der Waals surface area contributed by atoms with Crippen molar-refractivity contribution in [2.24, 2.45) is 5.92 Å². The molecule has 1 aliphatic heterocycles. The predicted octanol–water partition coefficient (Wildman–Crippen LogP) is 3.15. The van der Waals surface area contributed by atoms with Crippen molar-refractivity contribution in [3.8, 4) is 0 Å². The van der Waals surface area contributed by atoms with Gasteiger partial charge in [-0.05, 0) is 42.5 Å². The molecule has 0 atom stereocenters. The van der Waals surface area contributed by atoms with Crippen LogP contribution in [0.5, 0.6) is 0 Å². The number of rotatable bonds is 3. The average molecular weight is 266 g/mol. The molecule has 2 heterocycles. The zero-order chi connectivity index (χ0) is 13.1. The first-order valence-electron chi connectivity index (χ1n) is 6.74. The lowest BCUT2D eigenvalue weighted by molar-refractivity contribution is 0.0724. The zero-order valence-electron chi connectivity index (χ0n) is 11.2. The zero-order valence-corrected chi connectivity index (χ0v) is 12.1. The lowest BCUT2D eigenvalue weighted by atomic mass is 10.0. The minimum Gasteiger partial charge on any atom is -0.390 e. The van der Waals surface area contributed by atoms with Crippen molar-refractivity contribution < 1.29 is 4.79 Å². The van der Waals surface area contributed by atoms with Gasteiger partial charge in [0.25, 0.3) is 5.91 Å². The second kappa shape index (κ2) is 5.74. The van der Waals surface area contributed by atoms with Gasteiger partial charge in [0.05, 0.1) is 10.6 Å². The highest BCUT2D eigenvalue weighted by Crippen LogP contribution is 2.29. The predicted molar refractivity (Wildman–Crippen MR) is 77.0 cm³/mol. The Hall–Kier alpha value is -1.03. The summed E-state index contributed by atoms with van der Waals surface area (Å²) in [5.41, 5.74) is 7.90. The van der Waals surface area contributed by atoms with Gasteiger partial charge in [0.15, 0.2) is 0 Å². The monoisotopic (exact) mass is 266 g/mol. The molecule has 0 spiro atoms. The lowest BCUT2D eigenvalue weighted by Gasteiger charge is -2.27. The molecule has 1 aromatic heterocycles. The smallest absolute Gasteiger partial charge is 0.257 e. The molecule has 2 N–H and O–H groups in total. The number of carbonyl (C=O) groups excluding carboxylic acids is 1. The molecule has 2 rings (SSSR count). The standard InChI is InChI=1S/C14H22N2OS/c1-10(2)8-11-9-18-13(15)12(11)14(17)16-6-4-3-5-7-16/h9-10H,3-8,15H2,1-2H3. The largest absolute Gasteiger partial charge is 0.390 e. The summed E-state index contributed by atoms with van der Waals surface area (Å²) >= 11 is 1.50. The van der Waals surface area contributed by atoms with Crippen LogP contribution in [0, 0.1) is 5.92 Å². The normalized spacial score (nSPS) is 16.3. The first-order valence-corrected chi connectivity index (χ1v) is 7.62. The van der Waals surface area contributed by atoms with Crippen LogP contribution in [-0.2, 0) is 6.42 Å². The molecule has 1 amide bonds. The van der Waals surface area contributed by atoms with E-state index in [4.69, 9.17) is 5.73 Å². The van der Waals surface area contributed by atoms with Crippen LogP contribution in [0.4, 0.5) is 5.00 Å². The van der Waals surface area contributed by atoms with Crippen molar-refractivity contribution in [3.05, 3.63) is 16.5 Å². The van der Waals surface area contributed by atoms with E-state index in [2.05, 4.69) is 13.8 Å². The number of thiophene rings is 1. The molecule has 0 unspecified atom stereocenters. The van der Waals surface area contributed by atoms with Gasteiger partial charge in [0.2, 0.25) is 0 Å². The minimum atomic E-state index is 0.143. The molecule has 3 nitrogen and oxygen atoms in total. The molecule has 4 heteroatoms. The number of hydrogen-bond donors (Lipinski definition) is 1. The quantitative estimate of drug-likeness (QED) is 0.913. The highest BCUT2D eigenvalue weighted by Gasteiger charge is 2.24. The van der Waals surface area contributed by atoms with Crippen LogP contribution in [0.1, 0.15) is 49.0 Å². The van der Waals surface area contributed by atoms with Crippen molar-refractivity contribution in [1.82, 2.24) is 4.90 Å².